The van der Waals surface area contributed by atoms with Gasteiger partial charge in [0.2, 0.25) is 5.91 Å². The highest BCUT2D eigenvalue weighted by Crippen LogP contribution is 2.27. The number of benzene rings is 1. The largest absolute Gasteiger partial charge is 0.455 e. The van der Waals surface area contributed by atoms with Gasteiger partial charge in [-0.05, 0) is 30.5 Å². The normalized spacial score (nSPS) is 16.0. The first-order valence-electron chi connectivity index (χ1n) is 8.62. The first kappa shape index (κ1) is 21.7. The molecule has 10 heteroatoms. The summed E-state index contributed by atoms with van der Waals surface area (Å²) in [6, 6.07) is 6.76. The van der Waals surface area contributed by atoms with Gasteiger partial charge in [0.05, 0.1) is 12.5 Å². The van der Waals surface area contributed by atoms with Crippen molar-refractivity contribution in [3.05, 3.63) is 24.3 Å². The quantitative estimate of drug-likeness (QED) is 0.370. The summed E-state index contributed by atoms with van der Waals surface area (Å²) in [6.07, 6.45) is 1.98. The molecule has 28 heavy (non-hydrogen) atoms. The predicted molar refractivity (Wildman–Crippen MR) is 103 cm³/mol. The number of hydrogen-bond donors (Lipinski definition) is 2. The van der Waals surface area contributed by atoms with Crippen LogP contribution in [0.25, 0.3) is 0 Å². The lowest BCUT2D eigenvalue weighted by Gasteiger charge is -2.16. The summed E-state index contributed by atoms with van der Waals surface area (Å²) in [5.41, 5.74) is 0.712. The molecule has 0 radical (unpaired) electrons. The van der Waals surface area contributed by atoms with Crippen LogP contribution in [0.4, 0.5) is 10.5 Å². The molecule has 1 aliphatic heterocycles. The van der Waals surface area contributed by atoms with E-state index in [-0.39, 0.29) is 25.4 Å². The number of anilines is 1. The van der Waals surface area contributed by atoms with Gasteiger partial charge in [0.15, 0.2) is 6.61 Å². The van der Waals surface area contributed by atoms with Crippen LogP contribution < -0.4 is 15.5 Å². The Hall–Kier alpha value is -2.59. The van der Waals surface area contributed by atoms with E-state index in [1.807, 2.05) is 35.8 Å². The molecule has 0 saturated carbocycles. The molecule has 2 rings (SSSR count). The van der Waals surface area contributed by atoms with E-state index in [0.29, 0.717) is 12.3 Å². The monoisotopic (exact) mass is 409 g/mol. The van der Waals surface area contributed by atoms with Crippen LogP contribution in [0.3, 0.4) is 0 Å². The Morgan fingerprint density at radius 1 is 1.25 bits per heavy atom. The number of nitrogens with zero attached hydrogens (tertiary/aromatic N) is 1. The molecule has 1 aromatic carbocycles. The lowest BCUT2D eigenvalue weighted by molar-refractivity contribution is -0.152. The Balaban J connectivity index is 1.79. The third-order valence-electron chi connectivity index (χ3n) is 4.03. The number of ether oxygens (including phenoxy) is 2. The summed E-state index contributed by atoms with van der Waals surface area (Å²) in [5.74, 6) is -2.24. The smallest absolute Gasteiger partial charge is 0.321 e. The maximum atomic E-state index is 12.2. The molecule has 1 saturated heterocycles. The SMILES string of the molecule is COCCNC(=O)NC(=O)COC(=O)C1CC(=O)N(c2ccc(SC)cc2)C1. The number of esters is 1. The summed E-state index contributed by atoms with van der Waals surface area (Å²) in [7, 11) is 1.48. The Bertz CT molecular complexity index is 725. The Morgan fingerprint density at radius 3 is 2.61 bits per heavy atom. The predicted octanol–water partition coefficient (Wildman–Crippen LogP) is 0.777. The molecule has 0 aliphatic carbocycles. The zero-order valence-corrected chi connectivity index (χ0v) is 16.5. The van der Waals surface area contributed by atoms with Gasteiger partial charge in [0, 0.05) is 37.2 Å². The Morgan fingerprint density at radius 2 is 1.96 bits per heavy atom. The lowest BCUT2D eigenvalue weighted by Crippen LogP contribution is -2.42. The van der Waals surface area contributed by atoms with Gasteiger partial charge in [-0.1, -0.05) is 0 Å². The Kier molecular flexibility index (Phi) is 8.27. The lowest BCUT2D eigenvalue weighted by atomic mass is 10.1. The van der Waals surface area contributed by atoms with E-state index in [4.69, 9.17) is 9.47 Å². The number of methoxy groups -OCH3 is 1. The molecule has 1 heterocycles. The fraction of sp³-hybridized carbons (Fsp3) is 0.444. The van der Waals surface area contributed by atoms with Crippen molar-refractivity contribution in [2.75, 3.05) is 44.6 Å². The minimum Gasteiger partial charge on any atom is -0.455 e. The summed E-state index contributed by atoms with van der Waals surface area (Å²) in [4.78, 5) is 50.1. The highest BCUT2D eigenvalue weighted by Gasteiger charge is 2.36. The van der Waals surface area contributed by atoms with E-state index in [1.54, 1.807) is 11.8 Å². The van der Waals surface area contributed by atoms with Gasteiger partial charge in [-0.25, -0.2) is 4.79 Å². The van der Waals surface area contributed by atoms with E-state index in [0.717, 1.165) is 4.90 Å². The third-order valence-corrected chi connectivity index (χ3v) is 4.78. The van der Waals surface area contributed by atoms with Gasteiger partial charge in [0.1, 0.15) is 0 Å². The fourth-order valence-electron chi connectivity index (χ4n) is 2.61. The first-order chi connectivity index (χ1) is 13.4. The van der Waals surface area contributed by atoms with Crippen molar-refractivity contribution in [2.45, 2.75) is 11.3 Å². The number of carbonyl (C=O) groups excluding carboxylic acids is 4. The standard InChI is InChI=1S/C18H23N3O6S/c1-26-8-7-19-18(25)20-15(22)11-27-17(24)12-9-16(23)21(10-12)13-3-5-14(28-2)6-4-13/h3-6,12H,7-11H2,1-2H3,(H2,19,20,22,25). The second-order valence-corrected chi connectivity index (χ2v) is 6.89. The second kappa shape index (κ2) is 10.7. The molecule has 9 nitrogen and oxygen atoms in total. The average Bonchev–Trinajstić information content (AvgIpc) is 3.08. The van der Waals surface area contributed by atoms with Crippen LogP contribution in [0.1, 0.15) is 6.42 Å². The molecule has 1 fully saturated rings. The molecule has 4 amide bonds. The number of imide groups is 1. The summed E-state index contributed by atoms with van der Waals surface area (Å²) < 4.78 is 9.71. The van der Waals surface area contributed by atoms with E-state index < -0.39 is 30.4 Å². The van der Waals surface area contributed by atoms with Crippen LogP contribution in [0.15, 0.2) is 29.2 Å². The van der Waals surface area contributed by atoms with Crippen LogP contribution in [0.2, 0.25) is 0 Å². The highest BCUT2D eigenvalue weighted by atomic mass is 32.2. The van der Waals surface area contributed by atoms with Gasteiger partial charge < -0.3 is 19.7 Å². The number of nitrogens with one attached hydrogen (secondary N) is 2. The maximum Gasteiger partial charge on any atom is 0.321 e. The number of rotatable bonds is 8. The number of carbonyl (C=O) groups is 4. The zero-order valence-electron chi connectivity index (χ0n) is 15.7. The molecule has 2 N–H and O–H groups in total. The van der Waals surface area contributed by atoms with Crippen LogP contribution >= 0.6 is 11.8 Å². The van der Waals surface area contributed by atoms with Gasteiger partial charge in [-0.15, -0.1) is 11.8 Å². The summed E-state index contributed by atoms with van der Waals surface area (Å²) >= 11 is 1.59. The van der Waals surface area contributed by atoms with Gasteiger partial charge in [0.25, 0.3) is 5.91 Å². The van der Waals surface area contributed by atoms with Crippen LogP contribution in [0.5, 0.6) is 0 Å². The third kappa shape index (κ3) is 6.24. The maximum absolute atomic E-state index is 12.2. The molecular formula is C18H23N3O6S. The van der Waals surface area contributed by atoms with Crippen molar-refractivity contribution in [1.29, 1.82) is 0 Å². The minimum atomic E-state index is -0.753. The topological polar surface area (TPSA) is 114 Å². The van der Waals surface area contributed by atoms with E-state index in [2.05, 4.69) is 5.32 Å². The van der Waals surface area contributed by atoms with Crippen LogP contribution in [-0.4, -0.2) is 63.5 Å². The van der Waals surface area contributed by atoms with Crippen LogP contribution in [-0.2, 0) is 23.9 Å². The molecular weight excluding hydrogens is 386 g/mol. The molecule has 1 unspecified atom stereocenters. The zero-order chi connectivity index (χ0) is 20.5. The number of hydrogen-bond acceptors (Lipinski definition) is 7. The first-order valence-corrected chi connectivity index (χ1v) is 9.84. The van der Waals surface area contributed by atoms with Crippen molar-refractivity contribution in [2.24, 2.45) is 5.92 Å². The van der Waals surface area contributed by atoms with E-state index in [9.17, 15) is 19.2 Å². The molecule has 1 atom stereocenters. The minimum absolute atomic E-state index is 0.0161. The van der Waals surface area contributed by atoms with Gasteiger partial charge >= 0.3 is 12.0 Å². The van der Waals surface area contributed by atoms with Crippen molar-refractivity contribution in [3.8, 4) is 0 Å². The molecule has 0 spiro atoms. The number of urea groups is 1. The van der Waals surface area contributed by atoms with Crippen LogP contribution in [0, 0.1) is 5.92 Å². The van der Waals surface area contributed by atoms with E-state index in [1.165, 1.54) is 12.0 Å². The molecule has 1 aromatic rings. The molecule has 1 aliphatic rings. The van der Waals surface area contributed by atoms with Gasteiger partial charge in [-0.3, -0.25) is 19.7 Å². The van der Waals surface area contributed by atoms with Crippen molar-refractivity contribution < 1.29 is 28.7 Å². The summed E-state index contributed by atoms with van der Waals surface area (Å²) in [5, 5.41) is 4.44. The van der Waals surface area contributed by atoms with E-state index >= 15 is 0 Å². The Labute approximate surface area is 167 Å². The van der Waals surface area contributed by atoms with Crippen molar-refractivity contribution >= 4 is 41.3 Å². The molecule has 0 aromatic heterocycles. The van der Waals surface area contributed by atoms with Crippen molar-refractivity contribution in [1.82, 2.24) is 10.6 Å². The van der Waals surface area contributed by atoms with Crippen molar-refractivity contribution in [3.63, 3.8) is 0 Å². The highest BCUT2D eigenvalue weighted by molar-refractivity contribution is 7.98. The summed E-state index contributed by atoms with van der Waals surface area (Å²) in [6.45, 7) is 0.148. The second-order valence-electron chi connectivity index (χ2n) is 6.01. The fourth-order valence-corrected chi connectivity index (χ4v) is 3.01. The number of amides is 4. The average molecular weight is 409 g/mol. The molecule has 0 bridgehead atoms. The van der Waals surface area contributed by atoms with Gasteiger partial charge in [-0.2, -0.15) is 0 Å². The number of thioether (sulfide) groups is 1. The molecule has 152 valence electrons.